The first-order chi connectivity index (χ1) is 11.9. The van der Waals surface area contributed by atoms with Gasteiger partial charge in [-0.05, 0) is 24.1 Å². The summed E-state index contributed by atoms with van der Waals surface area (Å²) in [7, 11) is 0. The summed E-state index contributed by atoms with van der Waals surface area (Å²) in [5.41, 5.74) is 2.37. The van der Waals surface area contributed by atoms with Crippen LogP contribution in [0.15, 0.2) is 43.1 Å². The highest BCUT2D eigenvalue weighted by Crippen LogP contribution is 2.46. The van der Waals surface area contributed by atoms with Crippen molar-refractivity contribution < 1.29 is 5.11 Å². The van der Waals surface area contributed by atoms with Crippen molar-refractivity contribution >= 4 is 22.4 Å². The van der Waals surface area contributed by atoms with Gasteiger partial charge in [0.2, 0.25) is 5.13 Å². The highest BCUT2D eigenvalue weighted by atomic mass is 32.1. The number of benzene rings is 1. The molecule has 0 spiro atoms. The van der Waals surface area contributed by atoms with Gasteiger partial charge in [0.1, 0.15) is 11.9 Å². The minimum absolute atomic E-state index is 0.00204. The molecule has 0 radical (unpaired) electrons. The Balaban J connectivity index is 1.83. The number of nitrogens with zero attached hydrogens (tertiary/aromatic N) is 5. The predicted octanol–water partition coefficient (Wildman–Crippen LogP) is 3.01. The van der Waals surface area contributed by atoms with Crippen LogP contribution in [0, 0.1) is 0 Å². The molecule has 0 bridgehead atoms. The SMILES string of the molecule is CC1(C)CN(c2ncns2)c2cc(C(C)(O)c3cnccn3)ccc21. The van der Waals surface area contributed by atoms with Crippen molar-refractivity contribution in [1.82, 2.24) is 19.3 Å². The summed E-state index contributed by atoms with van der Waals surface area (Å²) in [6.07, 6.45) is 6.36. The van der Waals surface area contributed by atoms with Gasteiger partial charge in [0.05, 0.1) is 11.9 Å². The predicted molar refractivity (Wildman–Crippen MR) is 97.1 cm³/mol. The average Bonchev–Trinajstić information content (AvgIpc) is 3.22. The summed E-state index contributed by atoms with van der Waals surface area (Å²) in [4.78, 5) is 14.9. The minimum Gasteiger partial charge on any atom is -0.379 e. The van der Waals surface area contributed by atoms with Crippen LogP contribution >= 0.6 is 11.5 Å². The molecule has 6 nitrogen and oxygen atoms in total. The number of fused-ring (bicyclic) bond motifs is 1. The normalized spacial score (nSPS) is 18.0. The number of aromatic nitrogens is 4. The van der Waals surface area contributed by atoms with Crippen molar-refractivity contribution in [3.8, 4) is 0 Å². The number of rotatable bonds is 3. The zero-order valence-corrected chi connectivity index (χ0v) is 15.2. The van der Waals surface area contributed by atoms with Crippen molar-refractivity contribution in [3.63, 3.8) is 0 Å². The smallest absolute Gasteiger partial charge is 0.209 e. The van der Waals surface area contributed by atoms with E-state index in [9.17, 15) is 5.11 Å². The maximum atomic E-state index is 11.1. The molecule has 2 aromatic heterocycles. The van der Waals surface area contributed by atoms with Gasteiger partial charge >= 0.3 is 0 Å². The number of hydrogen-bond donors (Lipinski definition) is 1. The van der Waals surface area contributed by atoms with Gasteiger partial charge in [-0.25, -0.2) is 4.98 Å². The van der Waals surface area contributed by atoms with Gasteiger partial charge in [0, 0.05) is 41.6 Å². The molecule has 1 unspecified atom stereocenters. The van der Waals surface area contributed by atoms with Crippen LogP contribution < -0.4 is 4.90 Å². The minimum atomic E-state index is -1.22. The standard InChI is InChI=1S/C18H19N5OS/c1-17(2)10-23(16-21-11-22-25-16)14-8-12(4-5-13(14)17)18(3,24)15-9-19-6-7-20-15/h4-9,11,24H,10H2,1-3H3. The monoisotopic (exact) mass is 353 g/mol. The summed E-state index contributed by atoms with van der Waals surface area (Å²) in [5.74, 6) is 0. The zero-order valence-electron chi connectivity index (χ0n) is 14.3. The van der Waals surface area contributed by atoms with Gasteiger partial charge < -0.3 is 10.0 Å². The Labute approximate surface area is 150 Å². The second kappa shape index (κ2) is 5.57. The van der Waals surface area contributed by atoms with Crippen LogP contribution in [-0.4, -0.2) is 31.0 Å². The summed E-state index contributed by atoms with van der Waals surface area (Å²) in [6.45, 7) is 7.00. The molecular formula is C18H19N5OS. The van der Waals surface area contributed by atoms with E-state index in [0.717, 1.165) is 22.9 Å². The lowest BCUT2D eigenvalue weighted by atomic mass is 9.84. The van der Waals surface area contributed by atoms with E-state index in [2.05, 4.69) is 44.1 Å². The lowest BCUT2D eigenvalue weighted by molar-refractivity contribution is 0.0970. The van der Waals surface area contributed by atoms with Gasteiger partial charge in [-0.2, -0.15) is 4.37 Å². The van der Waals surface area contributed by atoms with Crippen LogP contribution in [0.25, 0.3) is 0 Å². The average molecular weight is 353 g/mol. The molecule has 0 fully saturated rings. The Hall–Kier alpha value is -2.38. The Morgan fingerprint density at radius 2 is 2.08 bits per heavy atom. The van der Waals surface area contributed by atoms with E-state index < -0.39 is 5.60 Å². The number of hydrogen-bond acceptors (Lipinski definition) is 7. The molecule has 25 heavy (non-hydrogen) atoms. The Morgan fingerprint density at radius 1 is 1.24 bits per heavy atom. The third-order valence-corrected chi connectivity index (χ3v) is 5.46. The number of aliphatic hydroxyl groups is 1. The van der Waals surface area contributed by atoms with Crippen LogP contribution in [-0.2, 0) is 11.0 Å². The molecule has 1 aliphatic rings. The molecule has 1 atom stereocenters. The van der Waals surface area contributed by atoms with E-state index in [4.69, 9.17) is 0 Å². The fourth-order valence-corrected chi connectivity index (χ4v) is 3.90. The first kappa shape index (κ1) is 16.1. The van der Waals surface area contributed by atoms with Crippen LogP contribution in [0.5, 0.6) is 0 Å². The summed E-state index contributed by atoms with van der Waals surface area (Å²) >= 11 is 1.37. The fourth-order valence-electron chi connectivity index (χ4n) is 3.35. The third kappa shape index (κ3) is 2.60. The van der Waals surface area contributed by atoms with E-state index in [1.54, 1.807) is 31.8 Å². The van der Waals surface area contributed by atoms with Gasteiger partial charge in [-0.3, -0.25) is 9.97 Å². The Kier molecular flexibility index (Phi) is 3.59. The van der Waals surface area contributed by atoms with Crippen molar-refractivity contribution in [1.29, 1.82) is 0 Å². The molecule has 4 rings (SSSR count). The van der Waals surface area contributed by atoms with E-state index in [1.807, 2.05) is 12.1 Å². The molecule has 0 saturated carbocycles. The first-order valence-electron chi connectivity index (χ1n) is 8.08. The highest BCUT2D eigenvalue weighted by Gasteiger charge is 2.38. The van der Waals surface area contributed by atoms with Gasteiger partial charge in [0.15, 0.2) is 0 Å². The van der Waals surface area contributed by atoms with Gasteiger partial charge in [-0.15, -0.1) is 0 Å². The highest BCUT2D eigenvalue weighted by molar-refractivity contribution is 7.09. The van der Waals surface area contributed by atoms with Gasteiger partial charge in [-0.1, -0.05) is 26.0 Å². The molecule has 0 amide bonds. The first-order valence-corrected chi connectivity index (χ1v) is 8.85. The number of anilines is 2. The second-order valence-corrected chi connectivity index (χ2v) is 7.85. The van der Waals surface area contributed by atoms with Crippen molar-refractivity contribution in [2.75, 3.05) is 11.4 Å². The van der Waals surface area contributed by atoms with Crippen LogP contribution in [0.2, 0.25) is 0 Å². The van der Waals surface area contributed by atoms with Crippen LogP contribution in [0.1, 0.15) is 37.6 Å². The molecule has 1 aliphatic heterocycles. The molecule has 3 aromatic rings. The molecule has 1 N–H and O–H groups in total. The van der Waals surface area contributed by atoms with Crippen molar-refractivity contribution in [3.05, 3.63) is 59.9 Å². The van der Waals surface area contributed by atoms with Crippen LogP contribution in [0.3, 0.4) is 0 Å². The molecular weight excluding hydrogens is 334 g/mol. The largest absolute Gasteiger partial charge is 0.379 e. The fraction of sp³-hybridized carbons (Fsp3) is 0.333. The van der Waals surface area contributed by atoms with E-state index >= 15 is 0 Å². The van der Waals surface area contributed by atoms with E-state index in [1.165, 1.54) is 17.1 Å². The Morgan fingerprint density at radius 3 is 2.76 bits per heavy atom. The van der Waals surface area contributed by atoms with E-state index in [0.29, 0.717) is 5.69 Å². The topological polar surface area (TPSA) is 75.0 Å². The second-order valence-electron chi connectivity index (χ2n) is 7.09. The molecule has 128 valence electrons. The van der Waals surface area contributed by atoms with Crippen molar-refractivity contribution in [2.45, 2.75) is 31.8 Å². The van der Waals surface area contributed by atoms with Gasteiger partial charge in [0.25, 0.3) is 0 Å². The summed E-state index contributed by atoms with van der Waals surface area (Å²) in [6, 6.07) is 6.09. The van der Waals surface area contributed by atoms with Crippen LogP contribution in [0.4, 0.5) is 10.8 Å². The van der Waals surface area contributed by atoms with E-state index in [-0.39, 0.29) is 5.41 Å². The quantitative estimate of drug-likeness (QED) is 0.780. The molecule has 7 heteroatoms. The molecule has 0 aliphatic carbocycles. The lowest BCUT2D eigenvalue weighted by Gasteiger charge is -2.25. The van der Waals surface area contributed by atoms with Crippen molar-refractivity contribution in [2.24, 2.45) is 0 Å². The molecule has 1 aromatic carbocycles. The molecule has 3 heterocycles. The summed E-state index contributed by atoms with van der Waals surface area (Å²) < 4.78 is 4.13. The Bertz CT molecular complexity index is 893. The zero-order chi connectivity index (χ0) is 17.7. The lowest BCUT2D eigenvalue weighted by Crippen LogP contribution is -2.25. The molecule has 0 saturated heterocycles. The maximum Gasteiger partial charge on any atom is 0.209 e. The summed E-state index contributed by atoms with van der Waals surface area (Å²) in [5, 5.41) is 12.0. The maximum absolute atomic E-state index is 11.1. The third-order valence-electron chi connectivity index (χ3n) is 4.78.